The maximum atomic E-state index is 12.8. The fourth-order valence-electron chi connectivity index (χ4n) is 3.61. The number of carbonyl (C=O) groups is 2. The van der Waals surface area contributed by atoms with Gasteiger partial charge in [-0.1, -0.05) is 42.5 Å². The van der Waals surface area contributed by atoms with Crippen LogP contribution in [0.4, 0.5) is 0 Å². The number of nitrogens with one attached hydrogen (secondary N) is 1. The smallest absolute Gasteiger partial charge is 0.305 e. The third-order valence-electron chi connectivity index (χ3n) is 5.16. The van der Waals surface area contributed by atoms with Crippen molar-refractivity contribution < 1.29 is 24.2 Å². The fourth-order valence-corrected chi connectivity index (χ4v) is 3.61. The molecule has 4 rings (SSSR count). The summed E-state index contributed by atoms with van der Waals surface area (Å²) < 4.78 is 11.9. The van der Waals surface area contributed by atoms with Gasteiger partial charge in [0.2, 0.25) is 12.7 Å². The normalized spacial score (nSPS) is 12.9. The van der Waals surface area contributed by atoms with Crippen LogP contribution in [0.25, 0.3) is 0 Å². The number of fused-ring (bicyclic) bond motifs is 1. The number of amides is 1. The number of ether oxygens (including phenoxy) is 2. The van der Waals surface area contributed by atoms with Gasteiger partial charge in [-0.2, -0.15) is 0 Å². The van der Waals surface area contributed by atoms with Gasteiger partial charge in [-0.25, -0.2) is 0 Å². The van der Waals surface area contributed by atoms with E-state index >= 15 is 0 Å². The van der Waals surface area contributed by atoms with E-state index in [-0.39, 0.29) is 25.3 Å². The van der Waals surface area contributed by atoms with Crippen LogP contribution in [-0.4, -0.2) is 28.3 Å². The van der Waals surface area contributed by atoms with Crippen molar-refractivity contribution in [3.8, 4) is 11.5 Å². The van der Waals surface area contributed by atoms with E-state index in [4.69, 9.17) is 9.47 Å². The number of benzene rings is 2. The van der Waals surface area contributed by atoms with Gasteiger partial charge in [0.25, 0.3) is 5.56 Å². The number of rotatable bonds is 8. The molecule has 0 radical (unpaired) electrons. The molecule has 3 aromatic rings. The number of carboxylic acids is 1. The van der Waals surface area contributed by atoms with Crippen molar-refractivity contribution in [3.05, 3.63) is 93.9 Å². The zero-order valence-corrected chi connectivity index (χ0v) is 17.2. The lowest BCUT2D eigenvalue weighted by Crippen LogP contribution is -2.36. The van der Waals surface area contributed by atoms with E-state index in [0.29, 0.717) is 29.0 Å². The molecule has 1 amide bonds. The van der Waals surface area contributed by atoms with Crippen LogP contribution >= 0.6 is 0 Å². The first-order valence-electron chi connectivity index (χ1n) is 10.1. The number of hydrogen-bond donors (Lipinski definition) is 2. The topological polar surface area (TPSA) is 107 Å². The molecule has 8 heteroatoms. The van der Waals surface area contributed by atoms with Gasteiger partial charge in [0, 0.05) is 18.2 Å². The predicted octanol–water partition coefficient (Wildman–Crippen LogP) is 2.50. The number of pyridine rings is 1. The van der Waals surface area contributed by atoms with E-state index in [9.17, 15) is 19.5 Å². The minimum absolute atomic E-state index is 0.0942. The summed E-state index contributed by atoms with van der Waals surface area (Å²) in [6.45, 7) is -0.126. The average Bonchev–Trinajstić information content (AvgIpc) is 3.24. The molecular weight excluding hydrogens is 412 g/mol. The monoisotopic (exact) mass is 434 g/mol. The molecule has 2 N–H and O–H groups in total. The van der Waals surface area contributed by atoms with E-state index in [0.717, 1.165) is 5.56 Å². The standard InChI is InChI=1S/C24H22N2O6/c27-22(14-26-10-4-7-18(24(26)30)11-16-5-2-1-3-6-16)25-19(13-23(28)29)17-8-9-20-21(12-17)32-15-31-20/h1-10,12,19H,11,13-15H2,(H,25,27)(H,28,29)/t19-/m0/s1. The highest BCUT2D eigenvalue weighted by Crippen LogP contribution is 2.34. The zero-order chi connectivity index (χ0) is 22.5. The summed E-state index contributed by atoms with van der Waals surface area (Å²) in [6, 6.07) is 17.3. The lowest BCUT2D eigenvalue weighted by atomic mass is 10.0. The number of carboxylic acid groups (broad SMARTS) is 1. The maximum absolute atomic E-state index is 12.8. The van der Waals surface area contributed by atoms with Crippen LogP contribution in [0.5, 0.6) is 11.5 Å². The largest absolute Gasteiger partial charge is 0.481 e. The molecule has 1 aromatic heterocycles. The quantitative estimate of drug-likeness (QED) is 0.564. The molecule has 1 aliphatic rings. The molecule has 0 saturated heterocycles. The van der Waals surface area contributed by atoms with Crippen molar-refractivity contribution >= 4 is 11.9 Å². The Balaban J connectivity index is 1.49. The van der Waals surface area contributed by atoms with E-state index in [1.807, 2.05) is 30.3 Å². The highest BCUT2D eigenvalue weighted by atomic mass is 16.7. The summed E-state index contributed by atoms with van der Waals surface area (Å²) in [5.74, 6) is -0.462. The van der Waals surface area contributed by atoms with Crippen molar-refractivity contribution in [2.24, 2.45) is 0 Å². The summed E-state index contributed by atoms with van der Waals surface area (Å²) in [4.78, 5) is 36.9. The Hall–Kier alpha value is -4.07. The molecule has 0 aliphatic carbocycles. The number of aromatic nitrogens is 1. The first kappa shape index (κ1) is 21.2. The summed E-state index contributed by atoms with van der Waals surface area (Å²) in [7, 11) is 0. The second-order valence-corrected chi connectivity index (χ2v) is 7.46. The minimum atomic E-state index is -1.06. The molecule has 2 heterocycles. The van der Waals surface area contributed by atoms with Gasteiger partial charge in [-0.15, -0.1) is 0 Å². The Morgan fingerprint density at radius 2 is 1.81 bits per heavy atom. The van der Waals surface area contributed by atoms with Gasteiger partial charge in [-0.3, -0.25) is 14.4 Å². The number of aliphatic carboxylic acids is 1. The van der Waals surface area contributed by atoms with Gasteiger partial charge in [0.15, 0.2) is 11.5 Å². The van der Waals surface area contributed by atoms with Crippen molar-refractivity contribution in [3.63, 3.8) is 0 Å². The number of carbonyl (C=O) groups excluding carboxylic acids is 1. The minimum Gasteiger partial charge on any atom is -0.481 e. The lowest BCUT2D eigenvalue weighted by Gasteiger charge is -2.18. The molecule has 0 saturated carbocycles. The lowest BCUT2D eigenvalue weighted by molar-refractivity contribution is -0.137. The van der Waals surface area contributed by atoms with Gasteiger partial charge in [0.1, 0.15) is 6.54 Å². The molecule has 0 fully saturated rings. The second kappa shape index (κ2) is 9.38. The van der Waals surface area contributed by atoms with Gasteiger partial charge < -0.3 is 24.5 Å². The zero-order valence-electron chi connectivity index (χ0n) is 17.2. The van der Waals surface area contributed by atoms with E-state index in [1.54, 1.807) is 36.5 Å². The first-order valence-corrected chi connectivity index (χ1v) is 10.1. The van der Waals surface area contributed by atoms with Crippen molar-refractivity contribution in [2.45, 2.75) is 25.4 Å². The Morgan fingerprint density at radius 3 is 2.59 bits per heavy atom. The van der Waals surface area contributed by atoms with Crippen LogP contribution in [0, 0.1) is 0 Å². The first-order chi connectivity index (χ1) is 15.5. The van der Waals surface area contributed by atoms with Gasteiger partial charge in [0.05, 0.1) is 12.5 Å². The third kappa shape index (κ3) is 4.97. The Kier molecular flexibility index (Phi) is 6.21. The maximum Gasteiger partial charge on any atom is 0.305 e. The summed E-state index contributed by atoms with van der Waals surface area (Å²) in [6.07, 6.45) is 1.69. The van der Waals surface area contributed by atoms with Gasteiger partial charge in [-0.05, 0) is 29.3 Å². The molecular formula is C24H22N2O6. The Bertz CT molecular complexity index is 1190. The molecule has 1 aliphatic heterocycles. The summed E-state index contributed by atoms with van der Waals surface area (Å²) in [5.41, 5.74) is 1.89. The predicted molar refractivity (Wildman–Crippen MR) is 116 cm³/mol. The molecule has 164 valence electrons. The van der Waals surface area contributed by atoms with E-state index in [2.05, 4.69) is 5.32 Å². The highest BCUT2D eigenvalue weighted by Gasteiger charge is 2.22. The number of nitrogens with zero attached hydrogens (tertiary/aromatic N) is 1. The van der Waals surface area contributed by atoms with E-state index in [1.165, 1.54) is 4.57 Å². The second-order valence-electron chi connectivity index (χ2n) is 7.46. The van der Waals surface area contributed by atoms with Crippen LogP contribution in [0.15, 0.2) is 71.7 Å². The van der Waals surface area contributed by atoms with Crippen LogP contribution in [0.2, 0.25) is 0 Å². The average molecular weight is 434 g/mol. The van der Waals surface area contributed by atoms with Crippen LogP contribution < -0.4 is 20.3 Å². The summed E-state index contributed by atoms with van der Waals surface area (Å²) in [5, 5.41) is 12.0. The van der Waals surface area contributed by atoms with Crippen molar-refractivity contribution in [1.82, 2.24) is 9.88 Å². The van der Waals surface area contributed by atoms with Gasteiger partial charge >= 0.3 is 5.97 Å². The fraction of sp³-hybridized carbons (Fsp3) is 0.208. The SMILES string of the molecule is O=C(O)C[C@H](NC(=O)Cn1cccc(Cc2ccccc2)c1=O)c1ccc2c(c1)OCO2. The molecule has 2 aromatic carbocycles. The van der Waals surface area contributed by atoms with Crippen molar-refractivity contribution in [2.75, 3.05) is 6.79 Å². The molecule has 0 spiro atoms. The molecule has 8 nitrogen and oxygen atoms in total. The number of hydrogen-bond acceptors (Lipinski definition) is 5. The highest BCUT2D eigenvalue weighted by molar-refractivity contribution is 5.77. The molecule has 0 unspecified atom stereocenters. The Labute approximate surface area is 184 Å². The van der Waals surface area contributed by atoms with Crippen LogP contribution in [0.1, 0.15) is 29.2 Å². The van der Waals surface area contributed by atoms with Crippen LogP contribution in [0.3, 0.4) is 0 Å². The van der Waals surface area contributed by atoms with E-state index < -0.39 is 17.9 Å². The Morgan fingerprint density at radius 1 is 1.03 bits per heavy atom. The summed E-state index contributed by atoms with van der Waals surface area (Å²) >= 11 is 0. The third-order valence-corrected chi connectivity index (χ3v) is 5.16. The molecule has 32 heavy (non-hydrogen) atoms. The molecule has 0 bridgehead atoms. The van der Waals surface area contributed by atoms with Crippen molar-refractivity contribution in [1.29, 1.82) is 0 Å². The van der Waals surface area contributed by atoms with Crippen LogP contribution in [-0.2, 0) is 22.6 Å². The molecule has 1 atom stereocenters.